The number of halogens is 1. The molecule has 0 aliphatic rings. The Morgan fingerprint density at radius 3 is 3.00 bits per heavy atom. The van der Waals surface area contributed by atoms with Crippen molar-refractivity contribution >= 4 is 50.2 Å². The summed E-state index contributed by atoms with van der Waals surface area (Å²) in [6.07, 6.45) is 3.16. The van der Waals surface area contributed by atoms with E-state index in [9.17, 15) is 9.18 Å². The predicted molar refractivity (Wildman–Crippen MR) is 101 cm³/mol. The number of hydrogen-bond donors (Lipinski definition) is 2. The Bertz CT molecular complexity index is 1120. The number of carbonyl (C=O) groups is 1. The van der Waals surface area contributed by atoms with Gasteiger partial charge in [-0.3, -0.25) is 10.1 Å². The van der Waals surface area contributed by atoms with E-state index in [4.69, 9.17) is 5.73 Å². The number of pyridine rings is 1. The highest BCUT2D eigenvalue weighted by Crippen LogP contribution is 2.32. The molecule has 0 bridgehead atoms. The van der Waals surface area contributed by atoms with Crippen LogP contribution < -0.4 is 11.1 Å². The molecular weight excluding hydrogens is 389 g/mol. The van der Waals surface area contributed by atoms with Crippen molar-refractivity contribution in [3.63, 3.8) is 0 Å². The molecule has 11 heteroatoms. The highest BCUT2D eigenvalue weighted by Gasteiger charge is 2.18. The first kappa shape index (κ1) is 17.4. The van der Waals surface area contributed by atoms with E-state index in [1.807, 2.05) is 0 Å². The average molecular weight is 401 g/mol. The molecular formula is C16H12FN7OS2. The van der Waals surface area contributed by atoms with Crippen molar-refractivity contribution in [2.45, 2.75) is 10.1 Å². The first-order valence-corrected chi connectivity index (χ1v) is 9.28. The predicted octanol–water partition coefficient (Wildman–Crippen LogP) is 2.94. The van der Waals surface area contributed by atoms with Crippen LogP contribution in [0.25, 0.3) is 10.3 Å². The number of benzene rings is 1. The standard InChI is InChI=1S/C16H12FN7OS2/c1-24-7-20-23-16(24)26-12-5-8(10(18)6-9(12)17)13(25)22-15-21-11-3-2-4-19-14(11)27-15/h2-7H,18H2,1H3,(H,21,22,25). The van der Waals surface area contributed by atoms with Gasteiger partial charge in [-0.25, -0.2) is 14.4 Å². The van der Waals surface area contributed by atoms with Crippen LogP contribution in [-0.2, 0) is 7.05 Å². The number of amides is 1. The van der Waals surface area contributed by atoms with Gasteiger partial charge in [-0.2, -0.15) is 0 Å². The molecule has 0 unspecified atom stereocenters. The third-order valence-electron chi connectivity index (χ3n) is 3.61. The van der Waals surface area contributed by atoms with Crippen LogP contribution in [0, 0.1) is 5.82 Å². The van der Waals surface area contributed by atoms with Gasteiger partial charge in [0, 0.05) is 18.9 Å². The molecule has 3 aromatic heterocycles. The van der Waals surface area contributed by atoms with Crippen LogP contribution in [0.1, 0.15) is 10.4 Å². The van der Waals surface area contributed by atoms with Crippen LogP contribution >= 0.6 is 23.1 Å². The second kappa shape index (κ2) is 6.93. The second-order valence-electron chi connectivity index (χ2n) is 5.50. The number of hydrogen-bond acceptors (Lipinski definition) is 8. The number of thiazole rings is 1. The van der Waals surface area contributed by atoms with E-state index in [-0.39, 0.29) is 16.1 Å². The van der Waals surface area contributed by atoms with E-state index in [0.717, 1.165) is 17.8 Å². The number of nitrogens with two attached hydrogens (primary N) is 1. The Morgan fingerprint density at radius 1 is 1.41 bits per heavy atom. The number of anilines is 2. The maximum atomic E-state index is 14.3. The number of fused-ring (bicyclic) bond motifs is 1. The largest absolute Gasteiger partial charge is 0.398 e. The van der Waals surface area contributed by atoms with Gasteiger partial charge in [-0.15, -0.1) is 10.2 Å². The number of rotatable bonds is 4. The van der Waals surface area contributed by atoms with Gasteiger partial charge in [0.2, 0.25) is 0 Å². The first-order chi connectivity index (χ1) is 13.0. The number of nitrogen functional groups attached to an aromatic ring is 1. The molecule has 3 heterocycles. The first-order valence-electron chi connectivity index (χ1n) is 7.65. The Kier molecular flexibility index (Phi) is 4.46. The monoisotopic (exact) mass is 401 g/mol. The summed E-state index contributed by atoms with van der Waals surface area (Å²) in [7, 11) is 1.74. The average Bonchev–Trinajstić information content (AvgIpc) is 3.22. The summed E-state index contributed by atoms with van der Waals surface area (Å²) < 4.78 is 15.9. The Hall–Kier alpha value is -3.05. The van der Waals surface area contributed by atoms with Crippen LogP contribution in [-0.4, -0.2) is 30.6 Å². The number of aryl methyl sites for hydroxylation is 1. The van der Waals surface area contributed by atoms with Gasteiger partial charge in [0.1, 0.15) is 22.5 Å². The molecule has 0 radical (unpaired) electrons. The fourth-order valence-electron chi connectivity index (χ4n) is 2.29. The van der Waals surface area contributed by atoms with Gasteiger partial charge in [-0.05, 0) is 36.0 Å². The van der Waals surface area contributed by atoms with Gasteiger partial charge < -0.3 is 10.3 Å². The lowest BCUT2D eigenvalue weighted by Crippen LogP contribution is -2.14. The molecule has 0 spiro atoms. The fourth-order valence-corrected chi connectivity index (χ4v) is 3.91. The third-order valence-corrected chi connectivity index (χ3v) is 5.59. The molecule has 4 rings (SSSR count). The van der Waals surface area contributed by atoms with Crippen molar-refractivity contribution in [3.05, 3.63) is 48.2 Å². The van der Waals surface area contributed by atoms with Crippen molar-refractivity contribution in [2.24, 2.45) is 7.05 Å². The highest BCUT2D eigenvalue weighted by molar-refractivity contribution is 7.99. The van der Waals surface area contributed by atoms with Crippen molar-refractivity contribution in [1.29, 1.82) is 0 Å². The zero-order valence-corrected chi connectivity index (χ0v) is 15.5. The molecule has 0 atom stereocenters. The topological polar surface area (TPSA) is 112 Å². The van der Waals surface area contributed by atoms with Crippen molar-refractivity contribution in [1.82, 2.24) is 24.7 Å². The summed E-state index contributed by atoms with van der Waals surface area (Å²) in [6.45, 7) is 0. The summed E-state index contributed by atoms with van der Waals surface area (Å²) in [5.41, 5.74) is 6.71. The Labute approximate surface area is 160 Å². The van der Waals surface area contributed by atoms with Crippen molar-refractivity contribution in [2.75, 3.05) is 11.1 Å². The summed E-state index contributed by atoms with van der Waals surface area (Å²) in [4.78, 5) is 22.1. The lowest BCUT2D eigenvalue weighted by molar-refractivity contribution is 0.102. The maximum absolute atomic E-state index is 14.3. The molecule has 1 aromatic carbocycles. The Balaban J connectivity index is 1.62. The second-order valence-corrected chi connectivity index (χ2v) is 7.48. The molecule has 0 aliphatic heterocycles. The smallest absolute Gasteiger partial charge is 0.259 e. The lowest BCUT2D eigenvalue weighted by atomic mass is 10.1. The summed E-state index contributed by atoms with van der Waals surface area (Å²) in [5.74, 6) is -1.02. The van der Waals surface area contributed by atoms with E-state index >= 15 is 0 Å². The minimum absolute atomic E-state index is 0.0338. The number of nitrogens with one attached hydrogen (secondary N) is 1. The molecule has 8 nitrogen and oxygen atoms in total. The normalized spacial score (nSPS) is 11.0. The van der Waals surface area contributed by atoms with Crippen LogP contribution in [0.3, 0.4) is 0 Å². The van der Waals surface area contributed by atoms with Crippen LogP contribution in [0.4, 0.5) is 15.2 Å². The highest BCUT2D eigenvalue weighted by atomic mass is 32.2. The van der Waals surface area contributed by atoms with Crippen molar-refractivity contribution in [3.8, 4) is 0 Å². The molecule has 27 heavy (non-hydrogen) atoms. The molecule has 0 saturated carbocycles. The summed E-state index contributed by atoms with van der Waals surface area (Å²) in [5, 5.41) is 11.2. The fraction of sp³-hybridized carbons (Fsp3) is 0.0625. The van der Waals surface area contributed by atoms with Gasteiger partial charge in [-0.1, -0.05) is 11.3 Å². The number of carbonyl (C=O) groups excluding carboxylic acids is 1. The zero-order valence-electron chi connectivity index (χ0n) is 13.9. The summed E-state index contributed by atoms with van der Waals surface area (Å²) >= 11 is 2.30. The molecule has 0 fully saturated rings. The van der Waals surface area contributed by atoms with E-state index in [2.05, 4.69) is 25.5 Å². The van der Waals surface area contributed by atoms with Gasteiger partial charge in [0.05, 0.1) is 10.5 Å². The third kappa shape index (κ3) is 3.46. The van der Waals surface area contributed by atoms with Gasteiger partial charge in [0.15, 0.2) is 10.3 Å². The van der Waals surface area contributed by atoms with E-state index < -0.39 is 11.7 Å². The number of nitrogens with zero attached hydrogens (tertiary/aromatic N) is 5. The maximum Gasteiger partial charge on any atom is 0.259 e. The molecule has 4 aromatic rings. The van der Waals surface area contributed by atoms with E-state index in [1.165, 1.54) is 23.7 Å². The minimum Gasteiger partial charge on any atom is -0.398 e. The van der Waals surface area contributed by atoms with Crippen LogP contribution in [0.5, 0.6) is 0 Å². The SMILES string of the molecule is Cn1cnnc1Sc1cc(C(=O)Nc2nc3cccnc3s2)c(N)cc1F. The van der Waals surface area contributed by atoms with E-state index in [1.54, 1.807) is 29.9 Å². The van der Waals surface area contributed by atoms with Crippen LogP contribution in [0.15, 0.2) is 46.8 Å². The molecule has 0 aliphatic carbocycles. The van der Waals surface area contributed by atoms with Crippen molar-refractivity contribution < 1.29 is 9.18 Å². The van der Waals surface area contributed by atoms with Gasteiger partial charge >= 0.3 is 0 Å². The van der Waals surface area contributed by atoms with Crippen LogP contribution in [0.2, 0.25) is 0 Å². The Morgan fingerprint density at radius 2 is 2.26 bits per heavy atom. The molecule has 0 saturated heterocycles. The molecule has 136 valence electrons. The molecule has 1 amide bonds. The lowest BCUT2D eigenvalue weighted by Gasteiger charge is -2.09. The zero-order chi connectivity index (χ0) is 19.0. The quantitative estimate of drug-likeness (QED) is 0.506. The van der Waals surface area contributed by atoms with Gasteiger partial charge in [0.25, 0.3) is 5.91 Å². The summed E-state index contributed by atoms with van der Waals surface area (Å²) in [6, 6.07) is 6.08. The minimum atomic E-state index is -0.541. The molecule has 3 N–H and O–H groups in total. The van der Waals surface area contributed by atoms with E-state index in [0.29, 0.717) is 20.6 Å². The number of aromatic nitrogens is 5.